The van der Waals surface area contributed by atoms with E-state index in [2.05, 4.69) is 16.4 Å². The standard InChI is InChI=1S/C18H17N3O2/c1-13-8-14(2)10-15(9-13)21-18(17(11-22)19-20-21)12-23-16-6-4-3-5-7-16/h3-11H,12H2,1-2H3. The van der Waals surface area contributed by atoms with Gasteiger partial charge in [0.2, 0.25) is 0 Å². The van der Waals surface area contributed by atoms with Crippen LogP contribution in [0.25, 0.3) is 5.69 Å². The second-order valence-corrected chi connectivity index (χ2v) is 5.40. The summed E-state index contributed by atoms with van der Waals surface area (Å²) in [5, 5.41) is 8.05. The first-order valence-electron chi connectivity index (χ1n) is 7.33. The average Bonchev–Trinajstić information content (AvgIpc) is 2.96. The van der Waals surface area contributed by atoms with E-state index in [-0.39, 0.29) is 6.61 Å². The number of ether oxygens (including phenoxy) is 1. The van der Waals surface area contributed by atoms with Gasteiger partial charge in [0.25, 0.3) is 0 Å². The molecule has 0 fully saturated rings. The van der Waals surface area contributed by atoms with Crippen molar-refractivity contribution >= 4 is 6.29 Å². The van der Waals surface area contributed by atoms with Crippen LogP contribution in [0.15, 0.2) is 48.5 Å². The molecule has 0 bridgehead atoms. The molecule has 0 saturated carbocycles. The van der Waals surface area contributed by atoms with E-state index in [1.165, 1.54) is 0 Å². The molecule has 0 atom stereocenters. The molecule has 116 valence electrons. The highest BCUT2D eigenvalue weighted by Crippen LogP contribution is 2.18. The number of hydrogen-bond donors (Lipinski definition) is 0. The third kappa shape index (κ3) is 3.29. The van der Waals surface area contributed by atoms with Gasteiger partial charge in [-0.15, -0.1) is 5.10 Å². The van der Waals surface area contributed by atoms with Crippen LogP contribution in [-0.2, 0) is 6.61 Å². The zero-order chi connectivity index (χ0) is 16.2. The maximum absolute atomic E-state index is 11.2. The Labute approximate surface area is 134 Å². The van der Waals surface area contributed by atoms with Gasteiger partial charge in [-0.2, -0.15) is 0 Å². The third-order valence-electron chi connectivity index (χ3n) is 3.47. The van der Waals surface area contributed by atoms with Gasteiger partial charge in [-0.25, -0.2) is 4.68 Å². The second kappa shape index (κ2) is 6.44. The van der Waals surface area contributed by atoms with E-state index >= 15 is 0 Å². The molecule has 0 N–H and O–H groups in total. The summed E-state index contributed by atoms with van der Waals surface area (Å²) in [6.45, 7) is 4.26. The summed E-state index contributed by atoms with van der Waals surface area (Å²) >= 11 is 0. The lowest BCUT2D eigenvalue weighted by Crippen LogP contribution is -2.08. The van der Waals surface area contributed by atoms with Gasteiger partial charge >= 0.3 is 0 Å². The highest BCUT2D eigenvalue weighted by atomic mass is 16.5. The summed E-state index contributed by atoms with van der Waals surface area (Å²) < 4.78 is 7.42. The average molecular weight is 307 g/mol. The fraction of sp³-hybridized carbons (Fsp3) is 0.167. The number of rotatable bonds is 5. The summed E-state index contributed by atoms with van der Waals surface area (Å²) in [5.41, 5.74) is 4.04. The molecule has 0 aliphatic rings. The molecule has 0 radical (unpaired) electrons. The Hall–Kier alpha value is -2.95. The van der Waals surface area contributed by atoms with Crippen molar-refractivity contribution in [3.8, 4) is 11.4 Å². The predicted molar refractivity (Wildman–Crippen MR) is 87.0 cm³/mol. The second-order valence-electron chi connectivity index (χ2n) is 5.40. The summed E-state index contributed by atoms with van der Waals surface area (Å²) in [7, 11) is 0. The molecule has 5 heteroatoms. The monoisotopic (exact) mass is 307 g/mol. The first-order valence-corrected chi connectivity index (χ1v) is 7.33. The van der Waals surface area contributed by atoms with Crippen LogP contribution in [0.2, 0.25) is 0 Å². The number of aryl methyl sites for hydroxylation is 2. The van der Waals surface area contributed by atoms with Crippen molar-refractivity contribution in [2.75, 3.05) is 0 Å². The van der Waals surface area contributed by atoms with Gasteiger partial charge in [-0.05, 0) is 49.2 Å². The molecule has 1 aromatic heterocycles. The van der Waals surface area contributed by atoms with Gasteiger partial charge < -0.3 is 4.74 Å². The summed E-state index contributed by atoms with van der Waals surface area (Å²) in [6.07, 6.45) is 0.704. The Morgan fingerprint density at radius 1 is 1.09 bits per heavy atom. The maximum Gasteiger partial charge on any atom is 0.172 e. The van der Waals surface area contributed by atoms with Crippen molar-refractivity contribution in [3.05, 3.63) is 71.0 Å². The van der Waals surface area contributed by atoms with Crippen LogP contribution in [0.1, 0.15) is 27.3 Å². The van der Waals surface area contributed by atoms with Gasteiger partial charge in [0, 0.05) is 0 Å². The van der Waals surface area contributed by atoms with Crippen molar-refractivity contribution in [2.24, 2.45) is 0 Å². The summed E-state index contributed by atoms with van der Waals surface area (Å²) in [6, 6.07) is 15.5. The highest BCUT2D eigenvalue weighted by molar-refractivity contribution is 5.73. The van der Waals surface area contributed by atoms with Crippen molar-refractivity contribution in [1.29, 1.82) is 0 Å². The minimum absolute atomic E-state index is 0.220. The van der Waals surface area contributed by atoms with Crippen LogP contribution in [0.3, 0.4) is 0 Å². The predicted octanol–water partition coefficient (Wildman–Crippen LogP) is 3.28. The van der Waals surface area contributed by atoms with Crippen LogP contribution >= 0.6 is 0 Å². The smallest absolute Gasteiger partial charge is 0.172 e. The van der Waals surface area contributed by atoms with Crippen LogP contribution < -0.4 is 4.74 Å². The zero-order valence-corrected chi connectivity index (χ0v) is 13.1. The Bertz CT molecular complexity index is 805. The van der Waals surface area contributed by atoms with Crippen LogP contribution in [0.5, 0.6) is 5.75 Å². The topological polar surface area (TPSA) is 57.0 Å². The van der Waals surface area contributed by atoms with E-state index in [0.717, 1.165) is 22.6 Å². The number of aldehydes is 1. The molecule has 2 aromatic carbocycles. The van der Waals surface area contributed by atoms with Gasteiger partial charge in [0.15, 0.2) is 12.0 Å². The van der Waals surface area contributed by atoms with E-state index in [1.54, 1.807) is 4.68 Å². The van der Waals surface area contributed by atoms with Gasteiger partial charge in [0.1, 0.15) is 18.1 Å². The Morgan fingerprint density at radius 2 is 1.78 bits per heavy atom. The van der Waals surface area contributed by atoms with Gasteiger partial charge in [-0.1, -0.05) is 29.5 Å². The molecule has 5 nitrogen and oxygen atoms in total. The number of carbonyl (C=O) groups excluding carboxylic acids is 1. The SMILES string of the molecule is Cc1cc(C)cc(-n2nnc(C=O)c2COc2ccccc2)c1. The van der Waals surface area contributed by atoms with Crippen molar-refractivity contribution in [3.63, 3.8) is 0 Å². The van der Waals surface area contributed by atoms with E-state index < -0.39 is 0 Å². The largest absolute Gasteiger partial charge is 0.487 e. The minimum Gasteiger partial charge on any atom is -0.487 e. The first-order chi connectivity index (χ1) is 11.2. The third-order valence-corrected chi connectivity index (χ3v) is 3.47. The van der Waals surface area contributed by atoms with E-state index in [0.29, 0.717) is 17.7 Å². The quantitative estimate of drug-likeness (QED) is 0.679. The van der Waals surface area contributed by atoms with Crippen LogP contribution in [0, 0.1) is 13.8 Å². The molecule has 0 aliphatic carbocycles. The Balaban J connectivity index is 1.95. The lowest BCUT2D eigenvalue weighted by molar-refractivity contribution is 0.111. The van der Waals surface area contributed by atoms with E-state index in [9.17, 15) is 4.79 Å². The number of hydrogen-bond acceptors (Lipinski definition) is 4. The maximum atomic E-state index is 11.2. The zero-order valence-electron chi connectivity index (χ0n) is 13.1. The van der Waals surface area contributed by atoms with Crippen molar-refractivity contribution in [2.45, 2.75) is 20.5 Å². The summed E-state index contributed by atoms with van der Waals surface area (Å²) in [5.74, 6) is 0.734. The molecular weight excluding hydrogens is 290 g/mol. The van der Waals surface area contributed by atoms with Gasteiger partial charge in [-0.3, -0.25) is 4.79 Å². The number of aromatic nitrogens is 3. The molecule has 3 aromatic rings. The van der Waals surface area contributed by atoms with Gasteiger partial charge in [0.05, 0.1) is 5.69 Å². The minimum atomic E-state index is 0.220. The van der Waals surface area contributed by atoms with Crippen molar-refractivity contribution < 1.29 is 9.53 Å². The van der Waals surface area contributed by atoms with Crippen molar-refractivity contribution in [1.82, 2.24) is 15.0 Å². The molecule has 0 spiro atoms. The number of para-hydroxylation sites is 1. The molecule has 0 aliphatic heterocycles. The molecule has 23 heavy (non-hydrogen) atoms. The van der Waals surface area contributed by atoms with E-state index in [4.69, 9.17) is 4.74 Å². The van der Waals surface area contributed by atoms with Crippen LogP contribution in [0.4, 0.5) is 0 Å². The molecule has 3 rings (SSSR count). The number of carbonyl (C=O) groups is 1. The highest BCUT2D eigenvalue weighted by Gasteiger charge is 2.15. The molecule has 0 amide bonds. The lowest BCUT2D eigenvalue weighted by Gasteiger charge is -2.10. The number of nitrogens with zero attached hydrogens (tertiary/aromatic N) is 3. The normalized spacial score (nSPS) is 10.5. The molecule has 0 unspecified atom stereocenters. The lowest BCUT2D eigenvalue weighted by atomic mass is 10.1. The molecular formula is C18H17N3O2. The molecule has 1 heterocycles. The first kappa shape index (κ1) is 15.0. The van der Waals surface area contributed by atoms with Crippen LogP contribution in [-0.4, -0.2) is 21.3 Å². The molecule has 0 saturated heterocycles. The Kier molecular flexibility index (Phi) is 4.19. The number of benzene rings is 2. The fourth-order valence-corrected chi connectivity index (χ4v) is 2.49. The Morgan fingerprint density at radius 3 is 2.43 bits per heavy atom. The fourth-order valence-electron chi connectivity index (χ4n) is 2.49. The van der Waals surface area contributed by atoms with E-state index in [1.807, 2.05) is 56.3 Å². The summed E-state index contributed by atoms with van der Waals surface area (Å²) in [4.78, 5) is 11.2.